The summed E-state index contributed by atoms with van der Waals surface area (Å²) in [6.45, 7) is 4.12. The Balaban J connectivity index is 2.01. The number of hydrogen-bond donors (Lipinski definition) is 1. The van der Waals surface area contributed by atoms with Crippen LogP contribution in [0, 0.1) is 0 Å². The van der Waals surface area contributed by atoms with E-state index in [1.54, 1.807) is 7.11 Å². The lowest BCUT2D eigenvalue weighted by Gasteiger charge is -2.19. The van der Waals surface area contributed by atoms with Gasteiger partial charge in [0.25, 0.3) is 0 Å². The second-order valence-electron chi connectivity index (χ2n) is 7.12. The summed E-state index contributed by atoms with van der Waals surface area (Å²) in [6.07, 6.45) is 3.49. The van der Waals surface area contributed by atoms with Crippen molar-refractivity contribution in [2.75, 3.05) is 7.11 Å². The van der Waals surface area contributed by atoms with Crippen molar-refractivity contribution in [2.45, 2.75) is 38.6 Å². The molecule has 0 aliphatic rings. The highest BCUT2D eigenvalue weighted by atomic mass is 16.5. The molecule has 0 unspecified atom stereocenters. The molecule has 0 saturated carbocycles. The molecule has 0 aliphatic carbocycles. The first-order valence-electron chi connectivity index (χ1n) is 9.50. The number of hydrogen-bond acceptors (Lipinski definition) is 2. The van der Waals surface area contributed by atoms with Crippen molar-refractivity contribution in [1.29, 1.82) is 0 Å². The van der Waals surface area contributed by atoms with E-state index in [1.807, 2.05) is 25.1 Å². The fraction of sp³-hybridized carbons (Fsp3) is 0.348. The van der Waals surface area contributed by atoms with Crippen molar-refractivity contribution in [2.24, 2.45) is 7.05 Å². The summed E-state index contributed by atoms with van der Waals surface area (Å²) in [6, 6.07) is 16.6. The van der Waals surface area contributed by atoms with E-state index in [0.29, 0.717) is 6.42 Å². The smallest absolute Gasteiger partial charge is 0.221 e. The molecule has 2 aromatic carbocycles. The van der Waals surface area contributed by atoms with Crippen LogP contribution in [0.1, 0.15) is 43.7 Å². The van der Waals surface area contributed by atoms with Crippen LogP contribution in [0.4, 0.5) is 0 Å². The van der Waals surface area contributed by atoms with Crippen LogP contribution in [-0.2, 0) is 11.8 Å². The molecule has 4 nitrogen and oxygen atoms in total. The van der Waals surface area contributed by atoms with Gasteiger partial charge in [-0.25, -0.2) is 0 Å². The van der Waals surface area contributed by atoms with Crippen molar-refractivity contribution in [3.63, 3.8) is 0 Å². The number of methoxy groups -OCH3 is 1. The average molecular weight is 364 g/mol. The van der Waals surface area contributed by atoms with Gasteiger partial charge in [0.2, 0.25) is 5.91 Å². The van der Waals surface area contributed by atoms with Crippen LogP contribution in [0.5, 0.6) is 5.75 Å². The number of nitrogens with zero attached hydrogens (tertiary/aromatic N) is 1. The zero-order valence-corrected chi connectivity index (χ0v) is 16.5. The van der Waals surface area contributed by atoms with Gasteiger partial charge >= 0.3 is 0 Å². The Bertz CT molecular complexity index is 912. The number of aryl methyl sites for hydroxylation is 1. The number of benzene rings is 2. The quantitative estimate of drug-likeness (QED) is 0.664. The third-order valence-electron chi connectivity index (χ3n) is 5.23. The van der Waals surface area contributed by atoms with Crippen LogP contribution in [0.3, 0.4) is 0 Å². The molecule has 142 valence electrons. The number of carbonyl (C=O) groups is 1. The molecule has 1 aromatic heterocycles. The fourth-order valence-corrected chi connectivity index (χ4v) is 3.52. The highest BCUT2D eigenvalue weighted by Gasteiger charge is 2.22. The van der Waals surface area contributed by atoms with Gasteiger partial charge in [0.15, 0.2) is 0 Å². The van der Waals surface area contributed by atoms with Crippen molar-refractivity contribution < 1.29 is 9.53 Å². The molecular weight excluding hydrogens is 336 g/mol. The lowest BCUT2D eigenvalue weighted by Crippen LogP contribution is -2.33. The molecule has 0 bridgehead atoms. The summed E-state index contributed by atoms with van der Waals surface area (Å²) in [7, 11) is 3.72. The summed E-state index contributed by atoms with van der Waals surface area (Å²) in [5, 5.41) is 4.30. The lowest BCUT2D eigenvalue weighted by atomic mass is 9.88. The van der Waals surface area contributed by atoms with E-state index in [0.717, 1.165) is 17.7 Å². The van der Waals surface area contributed by atoms with Gasteiger partial charge in [-0.2, -0.15) is 0 Å². The van der Waals surface area contributed by atoms with Gasteiger partial charge in [0.1, 0.15) is 5.75 Å². The molecule has 1 amide bonds. The van der Waals surface area contributed by atoms with Gasteiger partial charge in [-0.3, -0.25) is 4.79 Å². The maximum absolute atomic E-state index is 12.7. The summed E-state index contributed by atoms with van der Waals surface area (Å²) < 4.78 is 7.43. The Morgan fingerprint density at radius 2 is 1.85 bits per heavy atom. The maximum Gasteiger partial charge on any atom is 0.221 e. The van der Waals surface area contributed by atoms with Crippen LogP contribution in [0.15, 0.2) is 54.7 Å². The van der Waals surface area contributed by atoms with Crippen LogP contribution < -0.4 is 10.1 Å². The number of carbonyl (C=O) groups excluding carboxylic acids is 1. The zero-order chi connectivity index (χ0) is 19.4. The Morgan fingerprint density at radius 1 is 1.15 bits per heavy atom. The van der Waals surface area contributed by atoms with Crippen LogP contribution in [0.2, 0.25) is 0 Å². The van der Waals surface area contributed by atoms with E-state index in [2.05, 4.69) is 60.4 Å². The number of ether oxygens (including phenoxy) is 1. The molecule has 1 N–H and O–H groups in total. The first kappa shape index (κ1) is 19.0. The minimum Gasteiger partial charge on any atom is -0.497 e. The molecule has 4 heteroatoms. The highest BCUT2D eigenvalue weighted by molar-refractivity contribution is 5.86. The van der Waals surface area contributed by atoms with Crippen LogP contribution in [0.25, 0.3) is 10.9 Å². The van der Waals surface area contributed by atoms with Crippen molar-refractivity contribution in [3.8, 4) is 5.75 Å². The summed E-state index contributed by atoms with van der Waals surface area (Å²) in [5.74, 6) is 0.892. The van der Waals surface area contributed by atoms with E-state index in [1.165, 1.54) is 16.5 Å². The molecule has 27 heavy (non-hydrogen) atoms. The fourth-order valence-electron chi connectivity index (χ4n) is 3.52. The lowest BCUT2D eigenvalue weighted by molar-refractivity contribution is -0.121. The molecule has 0 spiro atoms. The summed E-state index contributed by atoms with van der Waals surface area (Å²) >= 11 is 0. The number of rotatable bonds is 7. The Labute approximate surface area is 161 Å². The third kappa shape index (κ3) is 4.16. The second kappa shape index (κ2) is 8.30. The zero-order valence-electron chi connectivity index (χ0n) is 16.5. The largest absolute Gasteiger partial charge is 0.497 e. The normalized spacial score (nSPS) is 13.3. The molecule has 3 aromatic rings. The first-order chi connectivity index (χ1) is 13.0. The highest BCUT2D eigenvalue weighted by Crippen LogP contribution is 2.35. The monoisotopic (exact) mass is 364 g/mol. The third-order valence-corrected chi connectivity index (χ3v) is 5.23. The Kier molecular flexibility index (Phi) is 5.84. The predicted octanol–water partition coefficient (Wildman–Crippen LogP) is 4.62. The number of fused-ring (bicyclic) bond motifs is 1. The topological polar surface area (TPSA) is 43.3 Å². The molecule has 3 rings (SSSR count). The number of nitrogens with one attached hydrogen (secondary N) is 1. The molecule has 0 aliphatic heterocycles. The van der Waals surface area contributed by atoms with E-state index in [-0.39, 0.29) is 17.9 Å². The van der Waals surface area contributed by atoms with Crippen molar-refractivity contribution in [1.82, 2.24) is 9.88 Å². The Morgan fingerprint density at radius 3 is 2.52 bits per heavy atom. The average Bonchev–Trinajstić information content (AvgIpc) is 3.03. The van der Waals surface area contributed by atoms with Gasteiger partial charge in [-0.05, 0) is 42.7 Å². The maximum atomic E-state index is 12.7. The van der Waals surface area contributed by atoms with Crippen LogP contribution in [-0.4, -0.2) is 23.6 Å². The standard InChI is InChI=1S/C23H28N2O2/c1-5-16(2)24-23(26)14-20(17-10-12-18(27-4)13-11-17)21-15-25(3)22-9-7-6-8-19(21)22/h6-13,15-16,20H,5,14H2,1-4H3,(H,24,26)/t16-,20-/m1/s1. The summed E-state index contributed by atoms with van der Waals surface area (Å²) in [4.78, 5) is 12.7. The van der Waals surface area contributed by atoms with Crippen LogP contribution >= 0.6 is 0 Å². The minimum atomic E-state index is -0.00828. The second-order valence-corrected chi connectivity index (χ2v) is 7.12. The van der Waals surface area contributed by atoms with Gasteiger partial charge < -0.3 is 14.6 Å². The SMILES string of the molecule is CC[C@@H](C)NC(=O)C[C@H](c1ccc(OC)cc1)c1cn(C)c2ccccc12. The summed E-state index contributed by atoms with van der Waals surface area (Å²) in [5.41, 5.74) is 3.47. The molecule has 0 radical (unpaired) electrons. The predicted molar refractivity (Wildman–Crippen MR) is 110 cm³/mol. The van der Waals surface area contributed by atoms with E-state index < -0.39 is 0 Å². The van der Waals surface area contributed by atoms with Gasteiger partial charge in [0.05, 0.1) is 7.11 Å². The first-order valence-corrected chi connectivity index (χ1v) is 9.50. The van der Waals surface area contributed by atoms with Gasteiger partial charge in [-0.1, -0.05) is 37.3 Å². The Hall–Kier alpha value is -2.75. The van der Waals surface area contributed by atoms with Crippen molar-refractivity contribution >= 4 is 16.8 Å². The van der Waals surface area contributed by atoms with Gasteiger partial charge in [-0.15, -0.1) is 0 Å². The molecule has 2 atom stereocenters. The molecule has 0 fully saturated rings. The van der Waals surface area contributed by atoms with E-state index >= 15 is 0 Å². The van der Waals surface area contributed by atoms with Gasteiger partial charge in [0, 0.05) is 42.5 Å². The van der Waals surface area contributed by atoms with E-state index in [9.17, 15) is 4.79 Å². The van der Waals surface area contributed by atoms with E-state index in [4.69, 9.17) is 4.74 Å². The number of para-hydroxylation sites is 1. The molecule has 0 saturated heterocycles. The molecular formula is C23H28N2O2. The number of aromatic nitrogens is 1. The molecule has 1 heterocycles. The number of amides is 1. The van der Waals surface area contributed by atoms with Crippen molar-refractivity contribution in [3.05, 3.63) is 65.9 Å². The minimum absolute atomic E-state index is 0.00828.